The fraction of sp³-hybridized carbons (Fsp3) is 0.167. The Labute approximate surface area is 173 Å². The first-order valence-corrected chi connectivity index (χ1v) is 9.97. The smallest absolute Gasteiger partial charge is 0.198 e. The average molecular weight is 400 g/mol. The van der Waals surface area contributed by atoms with E-state index in [-0.39, 0.29) is 11.7 Å². The van der Waals surface area contributed by atoms with E-state index >= 15 is 0 Å². The monoisotopic (exact) mass is 400 g/mol. The van der Waals surface area contributed by atoms with Gasteiger partial charge in [0.1, 0.15) is 5.82 Å². The quantitative estimate of drug-likeness (QED) is 0.466. The molecule has 5 nitrogen and oxygen atoms in total. The van der Waals surface area contributed by atoms with E-state index in [9.17, 15) is 9.50 Å². The Morgan fingerprint density at radius 3 is 2.80 bits per heavy atom. The Morgan fingerprint density at radius 2 is 2.00 bits per heavy atom. The summed E-state index contributed by atoms with van der Waals surface area (Å²) in [6, 6.07) is 18.5. The van der Waals surface area contributed by atoms with Gasteiger partial charge in [-0.1, -0.05) is 6.07 Å². The van der Waals surface area contributed by atoms with Crippen molar-refractivity contribution in [2.75, 3.05) is 18.0 Å². The molecule has 5 rings (SSSR count). The van der Waals surface area contributed by atoms with Crippen LogP contribution in [-0.2, 0) is 0 Å². The summed E-state index contributed by atoms with van der Waals surface area (Å²) in [6.07, 6.45) is 4.55. The number of fused-ring (bicyclic) bond motifs is 1. The summed E-state index contributed by atoms with van der Waals surface area (Å²) in [6.45, 7) is 1.96. The minimum absolute atomic E-state index is 0.0198. The number of halogens is 1. The van der Waals surface area contributed by atoms with Crippen LogP contribution in [0.2, 0.25) is 0 Å². The molecule has 1 saturated heterocycles. The number of hydrogen-bond donors (Lipinski definition) is 2. The van der Waals surface area contributed by atoms with Gasteiger partial charge in [-0.25, -0.2) is 4.39 Å². The molecule has 0 radical (unpaired) electrons. The van der Waals surface area contributed by atoms with Crippen molar-refractivity contribution in [1.82, 2.24) is 9.97 Å². The molecule has 3 heterocycles. The maximum absolute atomic E-state index is 13.4. The third-order valence-corrected chi connectivity index (χ3v) is 5.63. The van der Waals surface area contributed by atoms with Crippen LogP contribution in [0.25, 0.3) is 10.9 Å². The lowest BCUT2D eigenvalue weighted by Gasteiger charge is -2.18. The highest BCUT2D eigenvalue weighted by Crippen LogP contribution is 2.31. The minimum Gasteiger partial charge on any atom is -0.494 e. The lowest BCUT2D eigenvalue weighted by molar-refractivity contribution is 0.457. The van der Waals surface area contributed by atoms with E-state index < -0.39 is 0 Å². The molecule has 2 aromatic heterocycles. The van der Waals surface area contributed by atoms with Gasteiger partial charge in [0.05, 0.1) is 16.8 Å². The molecular formula is C24H21FN4O. The normalized spacial score (nSPS) is 16.7. The third-order valence-electron chi connectivity index (χ3n) is 5.63. The highest BCUT2D eigenvalue weighted by molar-refractivity contribution is 6.02. The molecule has 6 heteroatoms. The zero-order valence-electron chi connectivity index (χ0n) is 16.3. The van der Waals surface area contributed by atoms with Crippen molar-refractivity contribution >= 4 is 28.5 Å². The summed E-state index contributed by atoms with van der Waals surface area (Å²) in [7, 11) is 0. The molecule has 0 bridgehead atoms. The largest absolute Gasteiger partial charge is 0.494 e. The van der Waals surface area contributed by atoms with Crippen molar-refractivity contribution in [3.63, 3.8) is 0 Å². The first-order valence-electron chi connectivity index (χ1n) is 9.97. The van der Waals surface area contributed by atoms with Crippen LogP contribution < -0.4 is 4.90 Å². The number of aliphatic imine (C=N–C) groups is 1. The highest BCUT2D eigenvalue weighted by atomic mass is 19.1. The second-order valence-electron chi connectivity index (χ2n) is 7.54. The Bertz CT molecular complexity index is 1200. The Hall–Kier alpha value is -3.67. The van der Waals surface area contributed by atoms with E-state index in [0.717, 1.165) is 42.0 Å². The molecule has 0 spiro atoms. The molecule has 0 amide bonds. The molecule has 150 valence electrons. The van der Waals surface area contributed by atoms with Crippen molar-refractivity contribution < 1.29 is 9.50 Å². The molecule has 1 aliphatic heterocycles. The molecule has 0 aliphatic carbocycles. The second kappa shape index (κ2) is 7.63. The number of H-pyrrole nitrogens is 1. The highest BCUT2D eigenvalue weighted by Gasteiger charge is 2.24. The number of nitrogens with zero attached hydrogens (tertiary/aromatic N) is 3. The summed E-state index contributed by atoms with van der Waals surface area (Å²) in [5.74, 6) is 0.0854. The lowest BCUT2D eigenvalue weighted by Crippen LogP contribution is -2.19. The van der Waals surface area contributed by atoms with Crippen molar-refractivity contribution in [3.05, 3.63) is 83.9 Å². The van der Waals surface area contributed by atoms with Crippen LogP contribution in [0.1, 0.15) is 23.6 Å². The summed E-state index contributed by atoms with van der Waals surface area (Å²) in [5.41, 5.74) is 4.19. The van der Waals surface area contributed by atoms with Gasteiger partial charge in [0.25, 0.3) is 0 Å². The van der Waals surface area contributed by atoms with E-state index in [2.05, 4.69) is 38.1 Å². The maximum atomic E-state index is 13.4. The van der Waals surface area contributed by atoms with Crippen molar-refractivity contribution in [2.24, 2.45) is 4.99 Å². The van der Waals surface area contributed by atoms with Gasteiger partial charge in [-0.3, -0.25) is 9.98 Å². The SMILES string of the molecule is Oc1[nH]c2cc(F)ccc2c1C=Nc1ccc(N2CCC(c3ccccn3)C2)cc1. The number of benzene rings is 2. The molecule has 2 aromatic carbocycles. The number of anilines is 1. The predicted molar refractivity (Wildman–Crippen MR) is 117 cm³/mol. The van der Waals surface area contributed by atoms with E-state index in [1.54, 1.807) is 12.3 Å². The van der Waals surface area contributed by atoms with Gasteiger partial charge in [-0.15, -0.1) is 0 Å². The van der Waals surface area contributed by atoms with Gasteiger partial charge in [0.15, 0.2) is 5.88 Å². The predicted octanol–water partition coefficient (Wildman–Crippen LogP) is 5.15. The molecule has 1 atom stereocenters. The van der Waals surface area contributed by atoms with Crippen LogP contribution in [0.5, 0.6) is 5.88 Å². The number of aromatic nitrogens is 2. The molecule has 4 aromatic rings. The first kappa shape index (κ1) is 18.4. The number of aromatic hydroxyl groups is 1. The Kier molecular flexibility index (Phi) is 4.67. The molecule has 2 N–H and O–H groups in total. The van der Waals surface area contributed by atoms with E-state index in [4.69, 9.17) is 0 Å². The molecular weight excluding hydrogens is 379 g/mol. The number of aromatic amines is 1. The second-order valence-corrected chi connectivity index (χ2v) is 7.54. The number of rotatable bonds is 4. The molecule has 1 fully saturated rings. The summed E-state index contributed by atoms with van der Waals surface area (Å²) < 4.78 is 13.4. The van der Waals surface area contributed by atoms with Crippen LogP contribution in [0.3, 0.4) is 0 Å². The number of nitrogens with one attached hydrogen (secondary N) is 1. The molecule has 1 aliphatic rings. The maximum Gasteiger partial charge on any atom is 0.198 e. The minimum atomic E-state index is -0.352. The van der Waals surface area contributed by atoms with Crippen LogP contribution >= 0.6 is 0 Å². The van der Waals surface area contributed by atoms with E-state index in [0.29, 0.717) is 17.0 Å². The van der Waals surface area contributed by atoms with E-state index in [1.165, 1.54) is 12.1 Å². The lowest BCUT2D eigenvalue weighted by atomic mass is 10.0. The van der Waals surface area contributed by atoms with Crippen LogP contribution in [0, 0.1) is 5.82 Å². The summed E-state index contributed by atoms with van der Waals surface area (Å²) >= 11 is 0. The fourth-order valence-corrected chi connectivity index (χ4v) is 4.05. The van der Waals surface area contributed by atoms with Crippen LogP contribution in [-0.4, -0.2) is 34.4 Å². The fourth-order valence-electron chi connectivity index (χ4n) is 4.05. The van der Waals surface area contributed by atoms with Gasteiger partial charge >= 0.3 is 0 Å². The number of pyridine rings is 1. The summed E-state index contributed by atoms with van der Waals surface area (Å²) in [5, 5.41) is 10.9. The average Bonchev–Trinajstić information content (AvgIpc) is 3.37. The first-order chi connectivity index (χ1) is 14.7. The molecule has 0 saturated carbocycles. The Balaban J connectivity index is 1.31. The van der Waals surface area contributed by atoms with Gasteiger partial charge in [-0.05, 0) is 61.0 Å². The van der Waals surface area contributed by atoms with Gasteiger partial charge in [0, 0.05) is 48.2 Å². The topological polar surface area (TPSA) is 64.5 Å². The van der Waals surface area contributed by atoms with E-state index in [1.807, 2.05) is 30.5 Å². The van der Waals surface area contributed by atoms with Gasteiger partial charge in [-0.2, -0.15) is 0 Å². The van der Waals surface area contributed by atoms with Crippen LogP contribution in [0.15, 0.2) is 71.9 Å². The van der Waals surface area contributed by atoms with Crippen molar-refractivity contribution in [3.8, 4) is 5.88 Å². The zero-order chi connectivity index (χ0) is 20.5. The van der Waals surface area contributed by atoms with Gasteiger partial charge < -0.3 is 15.0 Å². The van der Waals surface area contributed by atoms with Gasteiger partial charge in [0.2, 0.25) is 0 Å². The zero-order valence-corrected chi connectivity index (χ0v) is 16.3. The molecule has 1 unspecified atom stereocenters. The van der Waals surface area contributed by atoms with Crippen molar-refractivity contribution in [1.29, 1.82) is 0 Å². The third kappa shape index (κ3) is 3.52. The van der Waals surface area contributed by atoms with Crippen molar-refractivity contribution in [2.45, 2.75) is 12.3 Å². The standard InChI is InChI=1S/C24H21FN4O/c25-17-4-9-20-21(24(30)28-23(20)13-17)14-27-18-5-7-19(8-6-18)29-12-10-16(15-29)22-3-1-2-11-26-22/h1-9,11,13-14,16,28,30H,10,12,15H2. The number of hydrogen-bond acceptors (Lipinski definition) is 4. The summed E-state index contributed by atoms with van der Waals surface area (Å²) in [4.78, 5) is 14.1. The van der Waals surface area contributed by atoms with Crippen LogP contribution in [0.4, 0.5) is 15.8 Å². The molecule has 30 heavy (non-hydrogen) atoms. The Morgan fingerprint density at radius 1 is 1.13 bits per heavy atom.